The van der Waals surface area contributed by atoms with Crippen LogP contribution in [0.2, 0.25) is 0 Å². The van der Waals surface area contributed by atoms with Gasteiger partial charge in [-0.05, 0) is 91.3 Å². The Balaban J connectivity index is 1.67. The molecule has 4 rings (SSSR count). The van der Waals surface area contributed by atoms with Crippen LogP contribution in [0.1, 0.15) is 119 Å². The van der Waals surface area contributed by atoms with Crippen molar-refractivity contribution in [3.63, 3.8) is 0 Å². The first-order chi connectivity index (χ1) is 14.9. The van der Waals surface area contributed by atoms with Gasteiger partial charge in [0.15, 0.2) is 0 Å². The number of rotatable bonds is 6. The molecule has 2 fully saturated rings. The SMILES string of the molecule is CC(C)CCCC(C)C1CCC2(CO)C3=C(CCC12C)C1(C)CCC(O)C(C)(C)C1CC3. The molecule has 2 heteroatoms. The van der Waals surface area contributed by atoms with Gasteiger partial charge in [0.1, 0.15) is 0 Å². The molecule has 0 amide bonds. The molecule has 2 saturated carbocycles. The summed E-state index contributed by atoms with van der Waals surface area (Å²) in [6.07, 6.45) is 13.2. The summed E-state index contributed by atoms with van der Waals surface area (Å²) in [5.41, 5.74) is 3.84. The topological polar surface area (TPSA) is 40.5 Å². The van der Waals surface area contributed by atoms with Crippen molar-refractivity contribution in [1.29, 1.82) is 0 Å². The Morgan fingerprint density at radius 1 is 0.875 bits per heavy atom. The van der Waals surface area contributed by atoms with Crippen LogP contribution in [0.5, 0.6) is 0 Å². The fraction of sp³-hybridized carbons (Fsp3) is 0.933. The molecule has 2 nitrogen and oxygen atoms in total. The molecule has 0 aromatic carbocycles. The Bertz CT molecular complexity index is 735. The van der Waals surface area contributed by atoms with Crippen LogP contribution < -0.4 is 0 Å². The highest BCUT2D eigenvalue weighted by atomic mass is 16.3. The Morgan fingerprint density at radius 2 is 1.59 bits per heavy atom. The highest BCUT2D eigenvalue weighted by Crippen LogP contribution is 2.72. The van der Waals surface area contributed by atoms with Gasteiger partial charge in [-0.1, -0.05) is 78.9 Å². The zero-order valence-corrected chi connectivity index (χ0v) is 22.3. The summed E-state index contributed by atoms with van der Waals surface area (Å²) in [6.45, 7) is 17.2. The van der Waals surface area contributed by atoms with Gasteiger partial charge in [-0.2, -0.15) is 0 Å². The van der Waals surface area contributed by atoms with Crippen molar-refractivity contribution >= 4 is 0 Å². The van der Waals surface area contributed by atoms with Crippen LogP contribution in [0.15, 0.2) is 11.1 Å². The lowest BCUT2D eigenvalue weighted by Gasteiger charge is -2.62. The van der Waals surface area contributed by atoms with E-state index in [1.165, 1.54) is 51.4 Å². The van der Waals surface area contributed by atoms with Crippen molar-refractivity contribution in [1.82, 2.24) is 0 Å². The fourth-order valence-corrected chi connectivity index (χ4v) is 9.82. The fourth-order valence-electron chi connectivity index (χ4n) is 9.82. The molecular formula is C30H52O2. The molecule has 0 bridgehead atoms. The maximum atomic E-state index is 11.1. The molecule has 0 aromatic heterocycles. The van der Waals surface area contributed by atoms with E-state index >= 15 is 0 Å². The molecule has 0 spiro atoms. The molecule has 2 N–H and O–H groups in total. The predicted molar refractivity (Wildman–Crippen MR) is 134 cm³/mol. The van der Waals surface area contributed by atoms with E-state index in [1.807, 2.05) is 0 Å². The summed E-state index contributed by atoms with van der Waals surface area (Å²) in [5.74, 6) is 2.86. The molecular weight excluding hydrogens is 392 g/mol. The van der Waals surface area contributed by atoms with Gasteiger partial charge in [-0.3, -0.25) is 0 Å². The lowest BCUT2D eigenvalue weighted by Crippen LogP contribution is -2.56. The summed E-state index contributed by atoms with van der Waals surface area (Å²) in [6, 6.07) is 0. The molecule has 0 aliphatic heterocycles. The normalized spacial score (nSPS) is 44.2. The molecule has 0 saturated heterocycles. The highest BCUT2D eigenvalue weighted by Gasteiger charge is 2.64. The summed E-state index contributed by atoms with van der Waals surface area (Å²) < 4.78 is 0. The van der Waals surface area contributed by atoms with Crippen LogP contribution in [-0.4, -0.2) is 22.9 Å². The van der Waals surface area contributed by atoms with Crippen molar-refractivity contribution in [2.24, 2.45) is 45.3 Å². The third-order valence-corrected chi connectivity index (χ3v) is 11.9. The minimum Gasteiger partial charge on any atom is -0.395 e. The van der Waals surface area contributed by atoms with Gasteiger partial charge in [-0.15, -0.1) is 0 Å². The first-order valence-electron chi connectivity index (χ1n) is 14.0. The Morgan fingerprint density at radius 3 is 2.25 bits per heavy atom. The molecule has 7 unspecified atom stereocenters. The van der Waals surface area contributed by atoms with E-state index in [1.54, 1.807) is 11.1 Å². The number of aliphatic hydroxyl groups excluding tert-OH is 2. The first-order valence-corrected chi connectivity index (χ1v) is 14.0. The van der Waals surface area contributed by atoms with Gasteiger partial charge in [0.05, 0.1) is 12.7 Å². The second-order valence-corrected chi connectivity index (χ2v) is 13.9. The molecule has 32 heavy (non-hydrogen) atoms. The average Bonchev–Trinajstić information content (AvgIpc) is 3.04. The minimum atomic E-state index is -0.175. The Kier molecular flexibility index (Phi) is 6.50. The lowest BCUT2D eigenvalue weighted by molar-refractivity contribution is -0.0997. The average molecular weight is 445 g/mol. The molecule has 4 aliphatic rings. The molecule has 4 aliphatic carbocycles. The number of aliphatic hydroxyl groups is 2. The van der Waals surface area contributed by atoms with Gasteiger partial charge >= 0.3 is 0 Å². The van der Waals surface area contributed by atoms with Crippen molar-refractivity contribution in [3.8, 4) is 0 Å². The van der Waals surface area contributed by atoms with Gasteiger partial charge < -0.3 is 10.2 Å². The second-order valence-electron chi connectivity index (χ2n) is 13.9. The van der Waals surface area contributed by atoms with Crippen LogP contribution in [0.4, 0.5) is 0 Å². The van der Waals surface area contributed by atoms with Crippen molar-refractivity contribution in [2.75, 3.05) is 6.61 Å². The predicted octanol–water partition coefficient (Wildman–Crippen LogP) is 7.53. The van der Waals surface area contributed by atoms with Crippen molar-refractivity contribution in [3.05, 3.63) is 11.1 Å². The van der Waals surface area contributed by atoms with Gasteiger partial charge in [-0.25, -0.2) is 0 Å². The van der Waals surface area contributed by atoms with Crippen molar-refractivity contribution < 1.29 is 10.2 Å². The third-order valence-electron chi connectivity index (χ3n) is 11.9. The standard InChI is InChI=1S/C30H52O2/c1-20(2)9-8-10-21(3)22-14-18-30(19-31)24-11-12-25-27(4,5)26(32)15-16-28(25,6)23(24)13-17-29(22,30)7/h20-22,25-26,31-32H,8-19H2,1-7H3. The zero-order valence-electron chi connectivity index (χ0n) is 22.3. The largest absolute Gasteiger partial charge is 0.395 e. The quantitative estimate of drug-likeness (QED) is 0.416. The van der Waals surface area contributed by atoms with Crippen LogP contribution in [0.3, 0.4) is 0 Å². The van der Waals surface area contributed by atoms with Crippen LogP contribution >= 0.6 is 0 Å². The van der Waals surface area contributed by atoms with Gasteiger partial charge in [0.25, 0.3) is 0 Å². The van der Waals surface area contributed by atoms with E-state index in [-0.39, 0.29) is 27.8 Å². The second kappa shape index (κ2) is 8.40. The van der Waals surface area contributed by atoms with E-state index in [4.69, 9.17) is 0 Å². The van der Waals surface area contributed by atoms with Gasteiger partial charge in [0, 0.05) is 5.41 Å². The van der Waals surface area contributed by atoms with E-state index in [0.29, 0.717) is 12.5 Å². The lowest BCUT2D eigenvalue weighted by atomic mass is 9.43. The van der Waals surface area contributed by atoms with Crippen LogP contribution in [0.25, 0.3) is 0 Å². The van der Waals surface area contributed by atoms with Crippen LogP contribution in [-0.2, 0) is 0 Å². The van der Waals surface area contributed by atoms with Gasteiger partial charge in [0.2, 0.25) is 0 Å². The maximum Gasteiger partial charge on any atom is 0.0594 e. The third kappa shape index (κ3) is 3.40. The van der Waals surface area contributed by atoms with E-state index < -0.39 is 0 Å². The van der Waals surface area contributed by atoms with Crippen molar-refractivity contribution in [2.45, 2.75) is 125 Å². The molecule has 184 valence electrons. The first kappa shape index (κ1) is 24.8. The number of fused-ring (bicyclic) bond motifs is 4. The molecule has 0 heterocycles. The Labute approximate surface area is 198 Å². The Hall–Kier alpha value is -0.340. The molecule has 7 atom stereocenters. The zero-order chi connectivity index (χ0) is 23.5. The van der Waals surface area contributed by atoms with E-state index in [9.17, 15) is 10.2 Å². The monoisotopic (exact) mass is 444 g/mol. The summed E-state index contributed by atoms with van der Waals surface area (Å²) in [4.78, 5) is 0. The highest BCUT2D eigenvalue weighted by molar-refractivity contribution is 5.39. The van der Waals surface area contributed by atoms with Crippen LogP contribution in [0, 0.1) is 45.3 Å². The number of hydrogen-bond acceptors (Lipinski definition) is 2. The maximum absolute atomic E-state index is 11.1. The summed E-state index contributed by atoms with van der Waals surface area (Å²) in [5, 5.41) is 21.9. The molecule has 0 radical (unpaired) electrons. The van der Waals surface area contributed by atoms with E-state index in [2.05, 4.69) is 48.5 Å². The number of hydrogen-bond donors (Lipinski definition) is 2. The molecule has 0 aromatic rings. The number of allylic oxidation sites excluding steroid dienone is 1. The summed E-state index contributed by atoms with van der Waals surface area (Å²) in [7, 11) is 0. The van der Waals surface area contributed by atoms with E-state index in [0.717, 1.165) is 37.0 Å². The smallest absolute Gasteiger partial charge is 0.0594 e. The summed E-state index contributed by atoms with van der Waals surface area (Å²) >= 11 is 0. The minimum absolute atomic E-state index is 0.00570.